The van der Waals surface area contributed by atoms with E-state index in [9.17, 15) is 14.0 Å². The summed E-state index contributed by atoms with van der Waals surface area (Å²) in [6.45, 7) is -0.544. The van der Waals surface area contributed by atoms with Crippen molar-refractivity contribution < 1.29 is 23.5 Å². The molecule has 0 atom stereocenters. The van der Waals surface area contributed by atoms with Crippen molar-refractivity contribution in [3.05, 3.63) is 69.5 Å². The lowest BCUT2D eigenvalue weighted by Gasteiger charge is -2.07. The van der Waals surface area contributed by atoms with E-state index in [0.29, 0.717) is 15.6 Å². The molecule has 0 fully saturated rings. The smallest absolute Gasteiger partial charge is 0.331 e. The Hall–Kier alpha value is -2.37. The number of Topliss-reactive ketones (excluding diaryl/α,β-unsaturated/α-hetero) is 1. The van der Waals surface area contributed by atoms with Crippen molar-refractivity contribution in [1.82, 2.24) is 0 Å². The van der Waals surface area contributed by atoms with Gasteiger partial charge in [-0.15, -0.1) is 0 Å². The molecule has 0 radical (unpaired) electrons. The van der Waals surface area contributed by atoms with Crippen molar-refractivity contribution in [3.63, 3.8) is 0 Å². The number of carbonyl (C=O) groups excluding carboxylic acids is 2. The molecule has 2 aromatic carbocycles. The van der Waals surface area contributed by atoms with E-state index in [2.05, 4.69) is 0 Å². The third-order valence-corrected chi connectivity index (χ3v) is 3.73. The molecule has 0 aliphatic heterocycles. The van der Waals surface area contributed by atoms with Crippen molar-refractivity contribution in [2.24, 2.45) is 0 Å². The van der Waals surface area contributed by atoms with Gasteiger partial charge in [-0.3, -0.25) is 4.79 Å². The van der Waals surface area contributed by atoms with Crippen molar-refractivity contribution in [3.8, 4) is 5.75 Å². The molecular formula is C18H13Cl2FO4. The lowest BCUT2D eigenvalue weighted by molar-refractivity contribution is -0.136. The van der Waals surface area contributed by atoms with Gasteiger partial charge in [0, 0.05) is 16.1 Å². The zero-order valence-corrected chi connectivity index (χ0v) is 14.6. The summed E-state index contributed by atoms with van der Waals surface area (Å²) in [7, 11) is 1.36. The number of methoxy groups -OCH3 is 1. The highest BCUT2D eigenvalue weighted by Crippen LogP contribution is 2.22. The number of hydrogen-bond acceptors (Lipinski definition) is 4. The van der Waals surface area contributed by atoms with E-state index in [4.69, 9.17) is 32.7 Å². The van der Waals surface area contributed by atoms with Gasteiger partial charge in [0.15, 0.2) is 6.61 Å². The molecular weight excluding hydrogens is 370 g/mol. The minimum atomic E-state index is -0.741. The number of carbonyl (C=O) groups is 2. The predicted octanol–water partition coefficient (Wildman–Crippen LogP) is 4.58. The van der Waals surface area contributed by atoms with Crippen LogP contribution in [0.15, 0.2) is 42.5 Å². The first kappa shape index (κ1) is 19.0. The van der Waals surface area contributed by atoms with Crippen LogP contribution in [0.2, 0.25) is 10.0 Å². The number of rotatable bonds is 6. The van der Waals surface area contributed by atoms with Gasteiger partial charge in [0.2, 0.25) is 5.78 Å². The van der Waals surface area contributed by atoms with Gasteiger partial charge in [-0.2, -0.15) is 0 Å². The predicted molar refractivity (Wildman–Crippen MR) is 93.7 cm³/mol. The highest BCUT2D eigenvalue weighted by Gasteiger charge is 2.15. The average Bonchev–Trinajstić information content (AvgIpc) is 2.58. The fourth-order valence-electron chi connectivity index (χ4n) is 1.96. The summed E-state index contributed by atoms with van der Waals surface area (Å²) in [6.07, 6.45) is 2.57. The van der Waals surface area contributed by atoms with Gasteiger partial charge in [-0.1, -0.05) is 29.3 Å². The molecule has 0 bridgehead atoms. The normalized spacial score (nSPS) is 10.7. The number of ether oxygens (including phenoxy) is 2. The Morgan fingerprint density at radius 1 is 1.16 bits per heavy atom. The van der Waals surface area contributed by atoms with Crippen LogP contribution in [0.4, 0.5) is 4.39 Å². The molecule has 7 heteroatoms. The van der Waals surface area contributed by atoms with Crippen LogP contribution in [0.25, 0.3) is 6.08 Å². The molecule has 0 aromatic heterocycles. The van der Waals surface area contributed by atoms with Crippen molar-refractivity contribution in [1.29, 1.82) is 0 Å². The molecule has 0 saturated carbocycles. The minimum Gasteiger partial charge on any atom is -0.496 e. The van der Waals surface area contributed by atoms with Crippen LogP contribution in [0.1, 0.15) is 15.9 Å². The first-order valence-electron chi connectivity index (χ1n) is 7.07. The molecule has 0 heterocycles. The third-order valence-electron chi connectivity index (χ3n) is 3.17. The summed E-state index contributed by atoms with van der Waals surface area (Å²) in [5.41, 5.74) is 0.571. The zero-order valence-electron chi connectivity index (χ0n) is 13.1. The van der Waals surface area contributed by atoms with Gasteiger partial charge < -0.3 is 9.47 Å². The Bertz CT molecular complexity index is 834. The molecule has 2 rings (SSSR count). The highest BCUT2D eigenvalue weighted by atomic mass is 35.5. The summed E-state index contributed by atoms with van der Waals surface area (Å²) in [6, 6.07) is 8.31. The van der Waals surface area contributed by atoms with Crippen molar-refractivity contribution in [2.75, 3.05) is 13.7 Å². The maximum absolute atomic E-state index is 13.3. The third kappa shape index (κ3) is 5.31. The first-order chi connectivity index (χ1) is 11.9. The Morgan fingerprint density at radius 2 is 1.92 bits per heavy atom. The second-order valence-corrected chi connectivity index (χ2v) is 5.72. The maximum Gasteiger partial charge on any atom is 0.331 e. The molecule has 4 nitrogen and oxygen atoms in total. The SMILES string of the molecule is COc1ccc(F)cc1C(=O)COC(=O)/C=C/c1ccc(Cl)cc1Cl. The summed E-state index contributed by atoms with van der Waals surface area (Å²) < 4.78 is 23.1. The van der Waals surface area contributed by atoms with E-state index < -0.39 is 24.2 Å². The van der Waals surface area contributed by atoms with Crippen LogP contribution in [0.5, 0.6) is 5.75 Å². The van der Waals surface area contributed by atoms with E-state index in [1.165, 1.54) is 31.4 Å². The number of ketones is 1. The molecule has 0 amide bonds. The van der Waals surface area contributed by atoms with Crippen LogP contribution >= 0.6 is 23.2 Å². The van der Waals surface area contributed by atoms with Gasteiger partial charge in [-0.25, -0.2) is 9.18 Å². The van der Waals surface area contributed by atoms with Gasteiger partial charge in [0.25, 0.3) is 0 Å². The lowest BCUT2D eigenvalue weighted by atomic mass is 10.1. The molecule has 130 valence electrons. The summed E-state index contributed by atoms with van der Waals surface area (Å²) >= 11 is 11.8. The molecule has 0 N–H and O–H groups in total. The standard InChI is InChI=1S/C18H13Cl2FO4/c1-24-17-6-5-13(21)9-14(17)16(22)10-25-18(23)7-3-11-2-4-12(19)8-15(11)20/h2-9H,10H2,1H3/b7-3+. The number of hydrogen-bond donors (Lipinski definition) is 0. The molecule has 0 unspecified atom stereocenters. The van der Waals surface area contributed by atoms with Gasteiger partial charge >= 0.3 is 5.97 Å². The molecule has 0 aliphatic rings. The first-order valence-corrected chi connectivity index (χ1v) is 7.83. The van der Waals surface area contributed by atoms with Crippen LogP contribution in [0.3, 0.4) is 0 Å². The van der Waals surface area contributed by atoms with E-state index >= 15 is 0 Å². The molecule has 0 saturated heterocycles. The summed E-state index contributed by atoms with van der Waals surface area (Å²) in [5.74, 6) is -1.71. The Labute approximate surface area is 153 Å². The lowest BCUT2D eigenvalue weighted by Crippen LogP contribution is -2.13. The van der Waals surface area contributed by atoms with Gasteiger partial charge in [0.1, 0.15) is 11.6 Å². The molecule has 25 heavy (non-hydrogen) atoms. The molecule has 0 spiro atoms. The zero-order chi connectivity index (χ0) is 18.4. The topological polar surface area (TPSA) is 52.6 Å². The van der Waals surface area contributed by atoms with Gasteiger partial charge in [-0.05, 0) is 42.0 Å². The summed E-state index contributed by atoms with van der Waals surface area (Å²) in [5, 5.41) is 0.844. The van der Waals surface area contributed by atoms with E-state index in [1.807, 2.05) is 0 Å². The minimum absolute atomic E-state index is 0.0000234. The van der Waals surface area contributed by atoms with Crippen molar-refractivity contribution in [2.45, 2.75) is 0 Å². The second-order valence-electron chi connectivity index (χ2n) is 4.87. The van der Waals surface area contributed by atoms with Crippen LogP contribution in [0, 0.1) is 5.82 Å². The number of esters is 1. The van der Waals surface area contributed by atoms with Gasteiger partial charge in [0.05, 0.1) is 12.7 Å². The molecule has 0 aliphatic carbocycles. The van der Waals surface area contributed by atoms with E-state index in [0.717, 1.165) is 12.1 Å². The van der Waals surface area contributed by atoms with E-state index in [-0.39, 0.29) is 11.3 Å². The van der Waals surface area contributed by atoms with Crippen LogP contribution in [-0.4, -0.2) is 25.5 Å². The fourth-order valence-corrected chi connectivity index (χ4v) is 2.43. The number of benzene rings is 2. The largest absolute Gasteiger partial charge is 0.496 e. The van der Waals surface area contributed by atoms with Crippen molar-refractivity contribution >= 4 is 41.0 Å². The Kier molecular flexibility index (Phi) is 6.56. The maximum atomic E-state index is 13.3. The van der Waals surface area contributed by atoms with E-state index in [1.54, 1.807) is 12.1 Å². The number of halogens is 3. The molecule has 2 aromatic rings. The fraction of sp³-hybridized carbons (Fsp3) is 0.111. The summed E-state index contributed by atoms with van der Waals surface area (Å²) in [4.78, 5) is 23.8. The van der Waals surface area contributed by atoms with Crippen LogP contribution < -0.4 is 4.74 Å². The Balaban J connectivity index is 1.99. The second kappa shape index (κ2) is 8.65. The average molecular weight is 383 g/mol. The Morgan fingerprint density at radius 3 is 2.60 bits per heavy atom. The monoisotopic (exact) mass is 382 g/mol. The quantitative estimate of drug-likeness (QED) is 0.416. The highest BCUT2D eigenvalue weighted by molar-refractivity contribution is 6.35. The van der Waals surface area contributed by atoms with Crippen LogP contribution in [-0.2, 0) is 9.53 Å².